The van der Waals surface area contributed by atoms with Crippen LogP contribution in [0.15, 0.2) is 0 Å². The Labute approximate surface area is 97.5 Å². The van der Waals surface area contributed by atoms with Crippen molar-refractivity contribution in [1.82, 2.24) is 5.32 Å². The lowest BCUT2D eigenvalue weighted by molar-refractivity contribution is -0.143. The molecule has 6 heteroatoms. The molecule has 0 aromatic rings. The first kappa shape index (κ1) is 15.4. The molecular formula is C10H21NO4S. The fourth-order valence-corrected chi connectivity index (χ4v) is 1.38. The van der Waals surface area contributed by atoms with Gasteiger partial charge in [0.15, 0.2) is 9.84 Å². The Balaban J connectivity index is 4.49. The molecule has 0 aromatic heterocycles. The average Bonchev–Trinajstić information content (AvgIpc) is 2.16. The topological polar surface area (TPSA) is 72.5 Å². The van der Waals surface area contributed by atoms with Crippen molar-refractivity contribution in [3.05, 3.63) is 0 Å². The summed E-state index contributed by atoms with van der Waals surface area (Å²) in [6.45, 7) is 5.31. The van der Waals surface area contributed by atoms with E-state index in [2.05, 4.69) is 10.1 Å². The minimum atomic E-state index is -3.15. The molecule has 96 valence electrons. The van der Waals surface area contributed by atoms with E-state index in [1.54, 1.807) is 13.8 Å². The number of carbonyl (C=O) groups is 1. The average molecular weight is 251 g/mol. The largest absolute Gasteiger partial charge is 0.468 e. The highest BCUT2D eigenvalue weighted by Gasteiger charge is 2.31. The molecule has 1 N–H and O–H groups in total. The van der Waals surface area contributed by atoms with Gasteiger partial charge in [0.25, 0.3) is 0 Å². The van der Waals surface area contributed by atoms with Gasteiger partial charge in [-0.2, -0.15) is 0 Å². The maximum absolute atomic E-state index is 11.4. The van der Waals surface area contributed by atoms with Crippen LogP contribution in [-0.4, -0.2) is 45.1 Å². The monoisotopic (exact) mass is 251 g/mol. The van der Waals surface area contributed by atoms with Gasteiger partial charge in [0.1, 0.15) is 6.04 Å². The molecule has 1 atom stereocenters. The highest BCUT2D eigenvalue weighted by Crippen LogP contribution is 2.14. The number of esters is 1. The van der Waals surface area contributed by atoms with Crippen molar-refractivity contribution in [2.45, 2.75) is 38.0 Å². The number of hydrogen-bond acceptors (Lipinski definition) is 5. The number of rotatable bonds is 6. The Morgan fingerprint density at radius 2 is 1.94 bits per heavy atom. The Morgan fingerprint density at radius 1 is 1.44 bits per heavy atom. The lowest BCUT2D eigenvalue weighted by Crippen LogP contribution is -2.47. The minimum Gasteiger partial charge on any atom is -0.468 e. The summed E-state index contributed by atoms with van der Waals surface area (Å²) in [5.41, 5.74) is 0. The molecule has 0 aliphatic carbocycles. The normalized spacial score (nSPS) is 14.6. The summed E-state index contributed by atoms with van der Waals surface area (Å²) in [6, 6.07) is -0.453. The predicted molar refractivity (Wildman–Crippen MR) is 63.0 cm³/mol. The third-order valence-corrected chi connectivity index (χ3v) is 4.82. The van der Waals surface area contributed by atoms with Gasteiger partial charge >= 0.3 is 5.97 Å². The first-order chi connectivity index (χ1) is 7.15. The van der Waals surface area contributed by atoms with E-state index in [0.29, 0.717) is 6.42 Å². The summed E-state index contributed by atoms with van der Waals surface area (Å²) in [5, 5.41) is 2.91. The van der Waals surface area contributed by atoms with Crippen LogP contribution in [0.25, 0.3) is 0 Å². The predicted octanol–water partition coefficient (Wildman–Crippen LogP) is 0.351. The summed E-state index contributed by atoms with van der Waals surface area (Å²) >= 11 is 0. The second-order valence-corrected chi connectivity index (χ2v) is 7.05. The van der Waals surface area contributed by atoms with E-state index >= 15 is 0 Å². The van der Waals surface area contributed by atoms with Crippen molar-refractivity contribution in [2.75, 3.05) is 19.9 Å². The number of nitrogens with one attached hydrogen (secondary N) is 1. The van der Waals surface area contributed by atoms with Gasteiger partial charge in [0, 0.05) is 12.8 Å². The van der Waals surface area contributed by atoms with Crippen LogP contribution in [0.4, 0.5) is 0 Å². The highest BCUT2D eigenvalue weighted by molar-refractivity contribution is 7.92. The highest BCUT2D eigenvalue weighted by atomic mass is 32.2. The molecule has 0 saturated carbocycles. The van der Waals surface area contributed by atoms with Crippen LogP contribution < -0.4 is 5.32 Å². The molecule has 0 rings (SSSR count). The zero-order valence-electron chi connectivity index (χ0n) is 10.5. The second kappa shape index (κ2) is 5.63. The zero-order valence-corrected chi connectivity index (χ0v) is 11.3. The number of carbonyl (C=O) groups excluding carboxylic acids is 1. The second-order valence-electron chi connectivity index (χ2n) is 4.40. The fraction of sp³-hybridized carbons (Fsp3) is 0.900. The number of methoxy groups -OCH3 is 1. The van der Waals surface area contributed by atoms with Gasteiger partial charge in [0.05, 0.1) is 11.9 Å². The lowest BCUT2D eigenvalue weighted by Gasteiger charge is -2.25. The van der Waals surface area contributed by atoms with Crippen molar-refractivity contribution in [3.63, 3.8) is 0 Å². The standard InChI is InChI=1S/C10H21NO4S/c1-6-8(9(12)15-4)11-7-10(2,3)16(5,13)14/h8,11H,6-7H2,1-5H3. The van der Waals surface area contributed by atoms with E-state index in [-0.39, 0.29) is 12.5 Å². The Kier molecular flexibility index (Phi) is 5.41. The third kappa shape index (κ3) is 4.09. The van der Waals surface area contributed by atoms with Crippen LogP contribution in [0.2, 0.25) is 0 Å². The summed E-state index contributed by atoms with van der Waals surface area (Å²) < 4.78 is 26.6. The van der Waals surface area contributed by atoms with Crippen LogP contribution >= 0.6 is 0 Å². The quantitative estimate of drug-likeness (QED) is 0.690. The van der Waals surface area contributed by atoms with E-state index in [0.717, 1.165) is 0 Å². The van der Waals surface area contributed by atoms with Gasteiger partial charge in [-0.15, -0.1) is 0 Å². The van der Waals surface area contributed by atoms with E-state index in [4.69, 9.17) is 0 Å². The van der Waals surface area contributed by atoms with Gasteiger partial charge in [-0.1, -0.05) is 6.92 Å². The van der Waals surface area contributed by atoms with Crippen molar-refractivity contribution < 1.29 is 17.9 Å². The molecule has 0 bridgehead atoms. The number of ether oxygens (including phenoxy) is 1. The van der Waals surface area contributed by atoms with Crippen molar-refractivity contribution in [3.8, 4) is 0 Å². The molecule has 0 heterocycles. The molecule has 0 aromatic carbocycles. The van der Waals surface area contributed by atoms with Crippen molar-refractivity contribution in [1.29, 1.82) is 0 Å². The van der Waals surface area contributed by atoms with Crippen LogP contribution in [0.5, 0.6) is 0 Å². The molecule has 0 amide bonds. The number of hydrogen-bond donors (Lipinski definition) is 1. The molecule has 0 saturated heterocycles. The van der Waals surface area contributed by atoms with Gasteiger partial charge in [-0.3, -0.25) is 4.79 Å². The fourth-order valence-electron chi connectivity index (χ4n) is 1.04. The van der Waals surface area contributed by atoms with E-state index in [9.17, 15) is 13.2 Å². The van der Waals surface area contributed by atoms with E-state index < -0.39 is 20.6 Å². The molecule has 1 unspecified atom stereocenters. The van der Waals surface area contributed by atoms with Crippen molar-refractivity contribution >= 4 is 15.8 Å². The summed E-state index contributed by atoms with van der Waals surface area (Å²) in [4.78, 5) is 11.3. The Hall–Kier alpha value is -0.620. The van der Waals surface area contributed by atoms with Crippen molar-refractivity contribution in [2.24, 2.45) is 0 Å². The van der Waals surface area contributed by atoms with Gasteiger partial charge in [-0.25, -0.2) is 8.42 Å². The molecular weight excluding hydrogens is 230 g/mol. The molecule has 0 aliphatic rings. The molecule has 0 radical (unpaired) electrons. The summed E-state index contributed by atoms with van der Waals surface area (Å²) in [6.07, 6.45) is 1.75. The lowest BCUT2D eigenvalue weighted by atomic mass is 10.1. The SMILES string of the molecule is CCC(NCC(C)(C)S(C)(=O)=O)C(=O)OC. The maximum Gasteiger partial charge on any atom is 0.322 e. The molecule has 5 nitrogen and oxygen atoms in total. The van der Waals surface area contributed by atoms with Gasteiger partial charge in [-0.05, 0) is 20.3 Å². The zero-order chi connectivity index (χ0) is 13.0. The van der Waals surface area contributed by atoms with E-state index in [1.165, 1.54) is 13.4 Å². The van der Waals surface area contributed by atoms with Gasteiger partial charge < -0.3 is 10.1 Å². The first-order valence-corrected chi connectivity index (χ1v) is 7.05. The minimum absolute atomic E-state index is 0.222. The first-order valence-electron chi connectivity index (χ1n) is 5.16. The Bertz CT molecular complexity index is 335. The number of sulfone groups is 1. The summed E-state index contributed by atoms with van der Waals surface area (Å²) in [5.74, 6) is -0.369. The third-order valence-electron chi connectivity index (χ3n) is 2.67. The molecule has 0 spiro atoms. The van der Waals surface area contributed by atoms with E-state index in [1.807, 2.05) is 6.92 Å². The Morgan fingerprint density at radius 3 is 2.25 bits per heavy atom. The smallest absolute Gasteiger partial charge is 0.322 e. The van der Waals surface area contributed by atoms with Gasteiger partial charge in [0.2, 0.25) is 0 Å². The molecule has 16 heavy (non-hydrogen) atoms. The van der Waals surface area contributed by atoms with Crippen LogP contribution in [0.1, 0.15) is 27.2 Å². The summed E-state index contributed by atoms with van der Waals surface area (Å²) in [7, 11) is -1.84. The van der Waals surface area contributed by atoms with Crippen LogP contribution in [0, 0.1) is 0 Å². The van der Waals surface area contributed by atoms with Crippen LogP contribution in [-0.2, 0) is 19.4 Å². The molecule has 0 aliphatic heterocycles. The van der Waals surface area contributed by atoms with Crippen LogP contribution in [0.3, 0.4) is 0 Å². The molecule has 0 fully saturated rings. The maximum atomic E-state index is 11.4.